The van der Waals surface area contributed by atoms with Crippen LogP contribution in [0.4, 0.5) is 11.4 Å². The second-order valence-corrected chi connectivity index (χ2v) is 6.58. The zero-order valence-electron chi connectivity index (χ0n) is 21.4. The molecule has 0 radical (unpaired) electrons. The van der Waals surface area contributed by atoms with Crippen LogP contribution < -0.4 is 14.4 Å². The molecule has 1 N–H and O–H groups in total. The quantitative estimate of drug-likeness (QED) is 0.382. The summed E-state index contributed by atoms with van der Waals surface area (Å²) < 4.78 is 11.9. The number of para-hydroxylation sites is 4. The summed E-state index contributed by atoms with van der Waals surface area (Å²) in [7, 11) is 0. The van der Waals surface area contributed by atoms with Crippen LogP contribution in [0, 0.1) is 0 Å². The van der Waals surface area contributed by atoms with E-state index >= 15 is 0 Å². The number of fused-ring (bicyclic) bond motifs is 2. The third-order valence-electron chi connectivity index (χ3n) is 4.67. The number of anilines is 2. The molecule has 0 atom stereocenters. The summed E-state index contributed by atoms with van der Waals surface area (Å²) >= 11 is 0. The summed E-state index contributed by atoms with van der Waals surface area (Å²) in [6.45, 7) is 13.2. The Hall–Kier alpha value is -3.47. The Morgan fingerprint density at radius 2 is 1.29 bits per heavy atom. The largest absolute Gasteiger partial charge is 0.492 e. The minimum Gasteiger partial charge on any atom is -0.492 e. The summed E-state index contributed by atoms with van der Waals surface area (Å²) in [5.74, 6) is 1.66. The van der Waals surface area contributed by atoms with E-state index in [-0.39, 0.29) is 6.42 Å². The molecule has 34 heavy (non-hydrogen) atoms. The van der Waals surface area contributed by atoms with Crippen molar-refractivity contribution in [3.05, 3.63) is 78.4 Å². The Morgan fingerprint density at radius 3 is 1.79 bits per heavy atom. The molecule has 0 unspecified atom stereocenters. The average molecular weight is 466 g/mol. The fraction of sp³-hybridized carbons (Fsp3) is 0.345. The van der Waals surface area contributed by atoms with Gasteiger partial charge in [0.2, 0.25) is 0 Å². The molecule has 0 saturated heterocycles. The zero-order chi connectivity index (χ0) is 25.3. The summed E-state index contributed by atoms with van der Waals surface area (Å²) in [4.78, 5) is 12.9. The Kier molecular flexibility index (Phi) is 13.6. The van der Waals surface area contributed by atoms with Crippen molar-refractivity contribution in [2.45, 2.75) is 54.4 Å². The van der Waals surface area contributed by atoms with Crippen LogP contribution in [0.2, 0.25) is 0 Å². The number of aliphatic carboxylic acids is 1. The normalized spacial score (nSPS) is 10.4. The molecule has 0 aromatic heterocycles. The van der Waals surface area contributed by atoms with Crippen molar-refractivity contribution in [1.82, 2.24) is 0 Å². The number of benzene rings is 3. The van der Waals surface area contributed by atoms with Gasteiger partial charge >= 0.3 is 5.97 Å². The molecular formula is C29H39NO4. The summed E-state index contributed by atoms with van der Waals surface area (Å²) in [5.41, 5.74) is 3.04. The molecule has 0 aliphatic carbocycles. The van der Waals surface area contributed by atoms with Gasteiger partial charge in [0.15, 0.2) is 11.5 Å². The first-order chi connectivity index (χ1) is 16.7. The van der Waals surface area contributed by atoms with E-state index in [1.165, 1.54) is 0 Å². The van der Waals surface area contributed by atoms with E-state index < -0.39 is 5.97 Å². The number of aryl methyl sites for hydroxylation is 1. The van der Waals surface area contributed by atoms with Crippen molar-refractivity contribution < 1.29 is 19.4 Å². The van der Waals surface area contributed by atoms with Crippen molar-refractivity contribution in [2.75, 3.05) is 18.1 Å². The summed E-state index contributed by atoms with van der Waals surface area (Å²) in [5, 5.41) is 8.77. The standard InChI is InChI=1S/C23H21NO4.3C2H6/c25-23(26)14-11-17-9-12-18(13-10-17)27-16-15-24-19-5-1-3-7-21(19)28-22-8-4-2-6-20(22)24;3*1-2/h1-10,12-13H,11,14-16H2,(H,25,26);3*1-2H3. The van der Waals surface area contributed by atoms with Gasteiger partial charge in [-0.05, 0) is 48.4 Å². The lowest BCUT2D eigenvalue weighted by Gasteiger charge is -2.32. The molecule has 0 spiro atoms. The number of hydrogen-bond acceptors (Lipinski definition) is 4. The Bertz CT molecular complexity index is 924. The average Bonchev–Trinajstić information content (AvgIpc) is 2.91. The van der Waals surface area contributed by atoms with Crippen LogP contribution >= 0.6 is 0 Å². The van der Waals surface area contributed by atoms with Crippen molar-refractivity contribution in [2.24, 2.45) is 0 Å². The maximum atomic E-state index is 10.7. The molecule has 1 aliphatic heterocycles. The van der Waals surface area contributed by atoms with Gasteiger partial charge in [-0.2, -0.15) is 0 Å². The lowest BCUT2D eigenvalue weighted by molar-refractivity contribution is -0.136. The van der Waals surface area contributed by atoms with Gasteiger partial charge in [-0.1, -0.05) is 77.9 Å². The van der Waals surface area contributed by atoms with Crippen LogP contribution in [0.1, 0.15) is 53.5 Å². The first kappa shape index (κ1) is 28.6. The molecular weight excluding hydrogens is 426 g/mol. The van der Waals surface area contributed by atoms with Crippen LogP contribution in [0.5, 0.6) is 17.2 Å². The number of carboxylic acid groups (broad SMARTS) is 1. The monoisotopic (exact) mass is 465 g/mol. The summed E-state index contributed by atoms with van der Waals surface area (Å²) in [6.07, 6.45) is 0.660. The smallest absolute Gasteiger partial charge is 0.303 e. The predicted molar refractivity (Wildman–Crippen MR) is 142 cm³/mol. The minimum atomic E-state index is -0.786. The van der Waals surface area contributed by atoms with Crippen molar-refractivity contribution in [3.8, 4) is 17.2 Å². The molecule has 1 aliphatic rings. The molecule has 0 amide bonds. The zero-order valence-corrected chi connectivity index (χ0v) is 21.4. The van der Waals surface area contributed by atoms with Gasteiger partial charge in [0.05, 0.1) is 17.9 Å². The van der Waals surface area contributed by atoms with Gasteiger partial charge < -0.3 is 19.5 Å². The van der Waals surface area contributed by atoms with Crippen molar-refractivity contribution in [3.63, 3.8) is 0 Å². The topological polar surface area (TPSA) is 59.0 Å². The van der Waals surface area contributed by atoms with E-state index in [2.05, 4.69) is 4.90 Å². The van der Waals surface area contributed by atoms with E-state index in [1.54, 1.807) is 0 Å². The molecule has 4 rings (SSSR count). The van der Waals surface area contributed by atoms with Crippen LogP contribution in [0.25, 0.3) is 0 Å². The third-order valence-corrected chi connectivity index (χ3v) is 4.67. The number of nitrogens with zero attached hydrogens (tertiary/aromatic N) is 1. The SMILES string of the molecule is CC.CC.CC.O=C(O)CCc1ccc(OCCN2c3ccccc3Oc3ccccc32)cc1. The highest BCUT2D eigenvalue weighted by molar-refractivity contribution is 5.77. The van der Waals surface area contributed by atoms with E-state index in [0.717, 1.165) is 34.2 Å². The maximum Gasteiger partial charge on any atom is 0.303 e. The van der Waals surface area contributed by atoms with Gasteiger partial charge in [0.1, 0.15) is 12.4 Å². The summed E-state index contributed by atoms with van der Waals surface area (Å²) in [6, 6.07) is 23.6. The molecule has 3 aromatic carbocycles. The maximum absolute atomic E-state index is 10.7. The Labute approximate surface area is 205 Å². The lowest BCUT2D eigenvalue weighted by atomic mass is 10.1. The Balaban J connectivity index is 0.000000894. The number of hydrogen-bond donors (Lipinski definition) is 1. The number of rotatable bonds is 7. The fourth-order valence-corrected chi connectivity index (χ4v) is 3.28. The van der Waals surface area contributed by atoms with Crippen LogP contribution in [-0.4, -0.2) is 24.2 Å². The first-order valence-corrected chi connectivity index (χ1v) is 12.3. The number of ether oxygens (including phenoxy) is 2. The van der Waals surface area contributed by atoms with E-state index in [9.17, 15) is 4.79 Å². The van der Waals surface area contributed by atoms with Crippen LogP contribution in [-0.2, 0) is 11.2 Å². The molecule has 184 valence electrons. The first-order valence-electron chi connectivity index (χ1n) is 12.3. The van der Waals surface area contributed by atoms with Crippen LogP contribution in [0.15, 0.2) is 72.8 Å². The second kappa shape index (κ2) is 16.2. The molecule has 1 heterocycles. The second-order valence-electron chi connectivity index (χ2n) is 6.58. The minimum absolute atomic E-state index is 0.135. The van der Waals surface area contributed by atoms with Crippen molar-refractivity contribution in [1.29, 1.82) is 0 Å². The molecule has 0 saturated carbocycles. The highest BCUT2D eigenvalue weighted by Gasteiger charge is 2.23. The van der Waals surface area contributed by atoms with E-state index in [1.807, 2.05) is 114 Å². The predicted octanol–water partition coefficient (Wildman–Crippen LogP) is 8.11. The number of carbonyl (C=O) groups is 1. The lowest BCUT2D eigenvalue weighted by Crippen LogP contribution is -2.26. The van der Waals surface area contributed by atoms with Gasteiger partial charge in [0, 0.05) is 6.42 Å². The number of carboxylic acids is 1. The molecule has 5 nitrogen and oxygen atoms in total. The van der Waals surface area contributed by atoms with E-state index in [4.69, 9.17) is 14.6 Å². The highest BCUT2D eigenvalue weighted by atomic mass is 16.5. The Morgan fingerprint density at radius 1 is 0.794 bits per heavy atom. The molecule has 3 aromatic rings. The van der Waals surface area contributed by atoms with Gasteiger partial charge in [0.25, 0.3) is 0 Å². The molecule has 0 fully saturated rings. The molecule has 5 heteroatoms. The van der Waals surface area contributed by atoms with Gasteiger partial charge in [-0.15, -0.1) is 0 Å². The fourth-order valence-electron chi connectivity index (χ4n) is 3.28. The van der Waals surface area contributed by atoms with E-state index in [0.29, 0.717) is 19.6 Å². The molecule has 0 bridgehead atoms. The van der Waals surface area contributed by atoms with Gasteiger partial charge in [-0.3, -0.25) is 4.79 Å². The van der Waals surface area contributed by atoms with Gasteiger partial charge in [-0.25, -0.2) is 0 Å². The van der Waals surface area contributed by atoms with Crippen molar-refractivity contribution >= 4 is 17.3 Å². The highest BCUT2D eigenvalue weighted by Crippen LogP contribution is 2.45. The third kappa shape index (κ3) is 8.14. The van der Waals surface area contributed by atoms with Crippen LogP contribution in [0.3, 0.4) is 0 Å².